The predicted molar refractivity (Wildman–Crippen MR) is 82.4 cm³/mol. The molecule has 0 radical (unpaired) electrons. The fourth-order valence-electron chi connectivity index (χ4n) is 4.63. The van der Waals surface area contributed by atoms with E-state index in [2.05, 4.69) is 15.4 Å². The van der Waals surface area contributed by atoms with E-state index in [0.717, 1.165) is 5.39 Å². The van der Waals surface area contributed by atoms with E-state index in [1.165, 1.54) is 38.8 Å². The smallest absolute Gasteiger partial charge is 0.177 e. The van der Waals surface area contributed by atoms with Crippen LogP contribution in [0.25, 0.3) is 11.0 Å². The Morgan fingerprint density at radius 2 is 2.09 bits per heavy atom. The zero-order valence-electron chi connectivity index (χ0n) is 12.7. The number of hydrogen-bond donors (Lipinski definition) is 1. The Balaban J connectivity index is 1.52. The molecule has 1 saturated carbocycles. The number of anilines is 1. The number of nitrogens with one attached hydrogen (secondary N) is 1. The molecule has 6 rings (SSSR count). The maximum absolute atomic E-state index is 13.9. The quantitative estimate of drug-likeness (QED) is 0.924. The molecule has 1 aromatic heterocycles. The maximum atomic E-state index is 13.9. The molecule has 1 aliphatic carbocycles. The first-order chi connectivity index (χ1) is 10.7. The monoisotopic (exact) mass is 301 g/mol. The van der Waals surface area contributed by atoms with Gasteiger partial charge in [0.1, 0.15) is 5.82 Å². The molecule has 1 spiro atoms. The molecular formula is C17H20FN3O. The Kier molecular flexibility index (Phi) is 2.47. The number of nitrogens with zero attached hydrogens (tertiary/aromatic N) is 2. The van der Waals surface area contributed by atoms with E-state index in [-0.39, 0.29) is 5.82 Å². The van der Waals surface area contributed by atoms with Crippen LogP contribution in [0.5, 0.6) is 0 Å². The Hall–Kier alpha value is -1.62. The number of fused-ring (bicyclic) bond motifs is 3. The molecule has 4 aliphatic rings. The van der Waals surface area contributed by atoms with E-state index in [4.69, 9.17) is 4.52 Å². The van der Waals surface area contributed by atoms with Crippen molar-refractivity contribution in [2.75, 3.05) is 18.4 Å². The lowest BCUT2D eigenvalue weighted by atomic mass is 9.77. The van der Waals surface area contributed by atoms with Crippen LogP contribution in [0.3, 0.4) is 0 Å². The highest BCUT2D eigenvalue weighted by atomic mass is 19.1. The van der Waals surface area contributed by atoms with Crippen molar-refractivity contribution < 1.29 is 8.91 Å². The van der Waals surface area contributed by atoms with E-state index < -0.39 is 0 Å². The molecule has 4 nitrogen and oxygen atoms in total. The van der Waals surface area contributed by atoms with Crippen molar-refractivity contribution in [3.8, 4) is 0 Å². The molecule has 1 unspecified atom stereocenters. The summed E-state index contributed by atoms with van der Waals surface area (Å²) >= 11 is 0. The lowest BCUT2D eigenvalue weighted by Crippen LogP contribution is -2.62. The van der Waals surface area contributed by atoms with E-state index in [1.807, 2.05) is 0 Å². The molecule has 116 valence electrons. The second-order valence-electron chi connectivity index (χ2n) is 7.18. The summed E-state index contributed by atoms with van der Waals surface area (Å²) in [6, 6.07) is 3.70. The molecule has 2 bridgehead atoms. The van der Waals surface area contributed by atoms with Gasteiger partial charge < -0.3 is 9.84 Å². The molecule has 2 aromatic rings. The van der Waals surface area contributed by atoms with Gasteiger partial charge in [-0.2, -0.15) is 0 Å². The summed E-state index contributed by atoms with van der Waals surface area (Å²) < 4.78 is 19.3. The van der Waals surface area contributed by atoms with Crippen molar-refractivity contribution in [3.05, 3.63) is 23.5 Å². The van der Waals surface area contributed by atoms with Crippen LogP contribution in [0.4, 0.5) is 10.2 Å². The van der Waals surface area contributed by atoms with Crippen LogP contribution in [-0.2, 0) is 0 Å². The van der Waals surface area contributed by atoms with Gasteiger partial charge in [0.25, 0.3) is 0 Å². The van der Waals surface area contributed by atoms with Gasteiger partial charge in [-0.3, -0.25) is 4.90 Å². The summed E-state index contributed by atoms with van der Waals surface area (Å²) in [6.07, 6.45) is 5.04. The summed E-state index contributed by atoms with van der Waals surface area (Å²) in [5.74, 6) is 1.21. The largest absolute Gasteiger partial charge is 0.362 e. The minimum atomic E-state index is -0.200. The molecule has 5 heteroatoms. The summed E-state index contributed by atoms with van der Waals surface area (Å²) in [7, 11) is 0. The Morgan fingerprint density at radius 1 is 1.32 bits per heavy atom. The topological polar surface area (TPSA) is 41.3 Å². The second kappa shape index (κ2) is 4.22. The van der Waals surface area contributed by atoms with Crippen LogP contribution < -0.4 is 5.32 Å². The van der Waals surface area contributed by atoms with Gasteiger partial charge in [0.15, 0.2) is 11.4 Å². The molecule has 4 fully saturated rings. The first-order valence-corrected chi connectivity index (χ1v) is 8.24. The van der Waals surface area contributed by atoms with E-state index in [1.54, 1.807) is 19.1 Å². The number of aryl methyl sites for hydroxylation is 1. The van der Waals surface area contributed by atoms with Crippen LogP contribution in [0.1, 0.15) is 31.2 Å². The highest BCUT2D eigenvalue weighted by Gasteiger charge is 2.60. The minimum Gasteiger partial charge on any atom is -0.362 e. The number of benzene rings is 1. The lowest BCUT2D eigenvalue weighted by Gasteiger charge is -2.52. The highest BCUT2D eigenvalue weighted by molar-refractivity contribution is 5.88. The maximum Gasteiger partial charge on any atom is 0.177 e. The van der Waals surface area contributed by atoms with E-state index in [0.29, 0.717) is 34.5 Å². The number of rotatable bonds is 2. The first kappa shape index (κ1) is 12.9. The Bertz CT molecular complexity index is 744. The van der Waals surface area contributed by atoms with Crippen molar-refractivity contribution in [3.63, 3.8) is 0 Å². The number of piperidine rings is 3. The normalized spacial score (nSPS) is 31.8. The summed E-state index contributed by atoms with van der Waals surface area (Å²) in [5, 5.41) is 8.56. The summed E-state index contributed by atoms with van der Waals surface area (Å²) in [6.45, 7) is 4.21. The zero-order valence-corrected chi connectivity index (χ0v) is 12.7. The molecule has 1 aromatic carbocycles. The van der Waals surface area contributed by atoms with Crippen molar-refractivity contribution >= 4 is 16.8 Å². The van der Waals surface area contributed by atoms with Crippen molar-refractivity contribution in [1.29, 1.82) is 0 Å². The van der Waals surface area contributed by atoms with Crippen molar-refractivity contribution in [2.45, 2.75) is 44.2 Å². The fraction of sp³-hybridized carbons (Fsp3) is 0.588. The fourth-order valence-corrected chi connectivity index (χ4v) is 4.63. The molecule has 1 N–H and O–H groups in total. The van der Waals surface area contributed by atoms with Gasteiger partial charge in [0, 0.05) is 11.6 Å². The summed E-state index contributed by atoms with van der Waals surface area (Å²) in [4.78, 5) is 2.65. The van der Waals surface area contributed by atoms with E-state index in [9.17, 15) is 4.39 Å². The molecular weight excluding hydrogens is 281 g/mol. The van der Waals surface area contributed by atoms with Gasteiger partial charge in [-0.1, -0.05) is 5.16 Å². The first-order valence-electron chi connectivity index (χ1n) is 8.24. The molecule has 3 saturated heterocycles. The van der Waals surface area contributed by atoms with Crippen LogP contribution in [0.2, 0.25) is 0 Å². The van der Waals surface area contributed by atoms with Crippen LogP contribution in [-0.4, -0.2) is 34.7 Å². The molecule has 1 atom stereocenters. The Labute approximate surface area is 128 Å². The number of halogens is 1. The summed E-state index contributed by atoms with van der Waals surface area (Å²) in [5.41, 5.74) is 1.58. The van der Waals surface area contributed by atoms with Gasteiger partial charge in [-0.25, -0.2) is 4.39 Å². The Morgan fingerprint density at radius 3 is 2.82 bits per heavy atom. The molecule has 22 heavy (non-hydrogen) atoms. The van der Waals surface area contributed by atoms with Crippen LogP contribution in [0.15, 0.2) is 16.7 Å². The van der Waals surface area contributed by atoms with Gasteiger partial charge in [-0.05, 0) is 69.3 Å². The van der Waals surface area contributed by atoms with Gasteiger partial charge in [-0.15, -0.1) is 0 Å². The molecule has 0 amide bonds. The van der Waals surface area contributed by atoms with Crippen LogP contribution >= 0.6 is 0 Å². The second-order valence-corrected chi connectivity index (χ2v) is 7.18. The number of hydrogen-bond acceptors (Lipinski definition) is 4. The minimum absolute atomic E-state index is 0.200. The van der Waals surface area contributed by atoms with Crippen LogP contribution in [0, 0.1) is 18.7 Å². The highest BCUT2D eigenvalue weighted by Crippen LogP contribution is 2.54. The zero-order chi connectivity index (χ0) is 14.9. The number of aromatic nitrogens is 1. The van der Waals surface area contributed by atoms with Crippen molar-refractivity contribution in [2.24, 2.45) is 5.92 Å². The standard InChI is InChI=1S/C17H20FN3O/c1-10-8-14-12(9-13(10)18)16(20-22-14)19-15-11-2-6-21(7-3-11)17(15)4-5-17/h8-9,11,15H,2-7H2,1H3,(H,19,20). The molecule has 4 heterocycles. The average molecular weight is 301 g/mol. The average Bonchev–Trinajstić information content (AvgIpc) is 3.22. The van der Waals surface area contributed by atoms with Gasteiger partial charge >= 0.3 is 0 Å². The van der Waals surface area contributed by atoms with Gasteiger partial charge in [0.2, 0.25) is 0 Å². The lowest BCUT2D eigenvalue weighted by molar-refractivity contribution is 0.0202. The SMILES string of the molecule is Cc1cc2onc(NC3C4CCN(CC4)C34CC4)c2cc1F. The third-order valence-electron chi connectivity index (χ3n) is 6.03. The predicted octanol–water partition coefficient (Wildman–Crippen LogP) is 3.31. The van der Waals surface area contributed by atoms with E-state index >= 15 is 0 Å². The third-order valence-corrected chi connectivity index (χ3v) is 6.03. The molecule has 3 aliphatic heterocycles. The van der Waals surface area contributed by atoms with Crippen molar-refractivity contribution in [1.82, 2.24) is 10.1 Å². The van der Waals surface area contributed by atoms with Gasteiger partial charge in [0.05, 0.1) is 5.39 Å². The third kappa shape index (κ3) is 1.63.